The number of thiazole rings is 1. The summed E-state index contributed by atoms with van der Waals surface area (Å²) in [6.07, 6.45) is -0.905. The SMILES string of the molecule is Cc1nc2c(=O)n(C[C@H](O)c3ccc(Cl)cc3)nc(-c3ccc(Cl)cc3)c2s1. The van der Waals surface area contributed by atoms with Crippen LogP contribution in [-0.4, -0.2) is 19.9 Å². The molecule has 1 N–H and O–H groups in total. The van der Waals surface area contributed by atoms with Gasteiger partial charge >= 0.3 is 0 Å². The van der Waals surface area contributed by atoms with Crippen LogP contribution in [0.1, 0.15) is 16.7 Å². The molecule has 0 saturated carbocycles. The normalized spacial score (nSPS) is 12.4. The summed E-state index contributed by atoms with van der Waals surface area (Å²) in [7, 11) is 0. The monoisotopic (exact) mass is 431 g/mol. The van der Waals surface area contributed by atoms with E-state index >= 15 is 0 Å². The smallest absolute Gasteiger partial charge is 0.294 e. The van der Waals surface area contributed by atoms with Crippen molar-refractivity contribution >= 4 is 44.8 Å². The molecule has 0 spiro atoms. The maximum Gasteiger partial charge on any atom is 0.294 e. The quantitative estimate of drug-likeness (QED) is 0.500. The Balaban J connectivity index is 1.82. The van der Waals surface area contributed by atoms with E-state index < -0.39 is 6.10 Å². The number of hydrogen-bond donors (Lipinski definition) is 1. The Morgan fingerprint density at radius 1 is 1.07 bits per heavy atom. The standard InChI is InChI=1S/C20H15Cl2N3O2S/c1-11-23-18-19(28-11)17(13-4-8-15(22)9-5-13)24-25(20(18)27)10-16(26)12-2-6-14(21)7-3-12/h2-9,16,26H,10H2,1H3/t16-/m0/s1. The van der Waals surface area contributed by atoms with Crippen molar-refractivity contribution in [3.63, 3.8) is 0 Å². The van der Waals surface area contributed by atoms with Gasteiger partial charge in [-0.3, -0.25) is 4.79 Å². The Morgan fingerprint density at radius 3 is 2.32 bits per heavy atom. The van der Waals surface area contributed by atoms with Gasteiger partial charge in [-0.25, -0.2) is 9.67 Å². The molecule has 0 aliphatic carbocycles. The summed E-state index contributed by atoms with van der Waals surface area (Å²) in [6.45, 7) is 1.86. The molecule has 5 nitrogen and oxygen atoms in total. The molecule has 0 bridgehead atoms. The molecule has 0 aliphatic heterocycles. The van der Waals surface area contributed by atoms with Gasteiger partial charge in [-0.15, -0.1) is 11.3 Å². The van der Waals surface area contributed by atoms with E-state index in [1.54, 1.807) is 36.4 Å². The summed E-state index contributed by atoms with van der Waals surface area (Å²) in [5, 5.41) is 17.1. The van der Waals surface area contributed by atoms with Crippen molar-refractivity contribution in [2.75, 3.05) is 0 Å². The van der Waals surface area contributed by atoms with Gasteiger partial charge in [-0.05, 0) is 36.8 Å². The molecule has 28 heavy (non-hydrogen) atoms. The van der Waals surface area contributed by atoms with E-state index in [2.05, 4.69) is 10.1 Å². The molecule has 0 radical (unpaired) electrons. The van der Waals surface area contributed by atoms with Crippen LogP contribution >= 0.6 is 34.5 Å². The van der Waals surface area contributed by atoms with Crippen LogP contribution in [0.5, 0.6) is 0 Å². The minimum atomic E-state index is -0.905. The molecule has 0 saturated heterocycles. The van der Waals surface area contributed by atoms with E-state index in [-0.39, 0.29) is 12.1 Å². The minimum Gasteiger partial charge on any atom is -0.386 e. The van der Waals surface area contributed by atoms with Gasteiger partial charge in [0.1, 0.15) is 5.69 Å². The van der Waals surface area contributed by atoms with Crippen molar-refractivity contribution in [3.05, 3.63) is 79.5 Å². The van der Waals surface area contributed by atoms with Crippen LogP contribution in [0.3, 0.4) is 0 Å². The number of halogens is 2. The maximum atomic E-state index is 12.9. The Kier molecular flexibility index (Phi) is 5.21. The molecule has 0 fully saturated rings. The highest BCUT2D eigenvalue weighted by Crippen LogP contribution is 2.30. The molecule has 0 unspecified atom stereocenters. The van der Waals surface area contributed by atoms with Crippen LogP contribution in [0.25, 0.3) is 21.5 Å². The molecular weight excluding hydrogens is 417 g/mol. The van der Waals surface area contributed by atoms with E-state index in [9.17, 15) is 9.90 Å². The molecule has 1 atom stereocenters. The van der Waals surface area contributed by atoms with E-state index in [0.29, 0.717) is 26.8 Å². The number of nitrogens with zero attached hydrogens (tertiary/aromatic N) is 3. The summed E-state index contributed by atoms with van der Waals surface area (Å²) in [5.74, 6) is 0. The number of aryl methyl sites for hydroxylation is 1. The van der Waals surface area contributed by atoms with Crippen LogP contribution in [0.15, 0.2) is 53.3 Å². The first-order chi connectivity index (χ1) is 13.4. The topological polar surface area (TPSA) is 68.0 Å². The number of aliphatic hydroxyl groups is 1. The molecule has 0 amide bonds. The fraction of sp³-hybridized carbons (Fsp3) is 0.150. The van der Waals surface area contributed by atoms with E-state index in [4.69, 9.17) is 23.2 Å². The van der Waals surface area contributed by atoms with Gasteiger partial charge in [-0.1, -0.05) is 47.5 Å². The highest BCUT2D eigenvalue weighted by molar-refractivity contribution is 7.19. The van der Waals surface area contributed by atoms with E-state index in [0.717, 1.165) is 15.3 Å². The van der Waals surface area contributed by atoms with E-state index in [1.807, 2.05) is 19.1 Å². The van der Waals surface area contributed by atoms with Gasteiger partial charge in [0.25, 0.3) is 5.56 Å². The average Bonchev–Trinajstić information content (AvgIpc) is 3.07. The summed E-state index contributed by atoms with van der Waals surface area (Å²) in [6, 6.07) is 14.1. The van der Waals surface area contributed by atoms with Gasteiger partial charge in [0.05, 0.1) is 22.4 Å². The molecule has 4 aromatic rings. The lowest BCUT2D eigenvalue weighted by Crippen LogP contribution is -2.26. The van der Waals surface area contributed by atoms with Crippen molar-refractivity contribution in [2.45, 2.75) is 19.6 Å². The zero-order chi connectivity index (χ0) is 19.8. The number of hydrogen-bond acceptors (Lipinski definition) is 5. The molecule has 8 heteroatoms. The molecule has 0 aliphatic rings. The van der Waals surface area contributed by atoms with Crippen molar-refractivity contribution in [3.8, 4) is 11.3 Å². The van der Waals surface area contributed by atoms with Crippen LogP contribution in [0.2, 0.25) is 10.0 Å². The highest BCUT2D eigenvalue weighted by atomic mass is 35.5. The lowest BCUT2D eigenvalue weighted by molar-refractivity contribution is 0.150. The first-order valence-electron chi connectivity index (χ1n) is 8.50. The van der Waals surface area contributed by atoms with Gasteiger partial charge in [-0.2, -0.15) is 5.10 Å². The Labute approximate surface area is 174 Å². The summed E-state index contributed by atoms with van der Waals surface area (Å²) >= 11 is 13.3. The second-order valence-electron chi connectivity index (χ2n) is 6.32. The van der Waals surface area contributed by atoms with Gasteiger partial charge in [0, 0.05) is 15.6 Å². The predicted octanol–water partition coefficient (Wildman–Crippen LogP) is 4.87. The molecule has 4 rings (SSSR count). The van der Waals surface area contributed by atoms with Crippen molar-refractivity contribution < 1.29 is 5.11 Å². The van der Waals surface area contributed by atoms with E-state index in [1.165, 1.54) is 16.0 Å². The Hall–Kier alpha value is -2.25. The van der Waals surface area contributed by atoms with Crippen molar-refractivity contribution in [2.24, 2.45) is 0 Å². The first-order valence-corrected chi connectivity index (χ1v) is 10.1. The van der Waals surface area contributed by atoms with Crippen LogP contribution in [-0.2, 0) is 6.54 Å². The third-order valence-corrected chi connectivity index (χ3v) is 5.81. The average molecular weight is 432 g/mol. The van der Waals surface area contributed by atoms with Crippen molar-refractivity contribution in [1.82, 2.24) is 14.8 Å². The second-order valence-corrected chi connectivity index (χ2v) is 8.40. The first kappa shape index (κ1) is 19.1. The third-order valence-electron chi connectivity index (χ3n) is 4.33. The molecular formula is C20H15Cl2N3O2S. The number of aliphatic hydroxyl groups excluding tert-OH is 1. The van der Waals surface area contributed by atoms with Crippen molar-refractivity contribution in [1.29, 1.82) is 0 Å². The summed E-state index contributed by atoms with van der Waals surface area (Å²) in [4.78, 5) is 17.3. The number of rotatable bonds is 4. The molecule has 142 valence electrons. The van der Waals surface area contributed by atoms with Crippen LogP contribution in [0.4, 0.5) is 0 Å². The molecule has 2 aromatic carbocycles. The second kappa shape index (κ2) is 7.64. The lowest BCUT2D eigenvalue weighted by Gasteiger charge is -2.14. The van der Waals surface area contributed by atoms with Crippen LogP contribution in [0, 0.1) is 6.92 Å². The Bertz CT molecular complexity index is 1200. The number of fused-ring (bicyclic) bond motifs is 1. The zero-order valence-electron chi connectivity index (χ0n) is 14.8. The summed E-state index contributed by atoms with van der Waals surface area (Å²) < 4.78 is 1.99. The summed E-state index contributed by atoms with van der Waals surface area (Å²) in [5.41, 5.74) is 2.14. The fourth-order valence-corrected chi connectivity index (χ4v) is 4.11. The third kappa shape index (κ3) is 3.69. The Morgan fingerprint density at radius 2 is 1.68 bits per heavy atom. The van der Waals surface area contributed by atoms with Crippen LogP contribution < -0.4 is 5.56 Å². The highest BCUT2D eigenvalue weighted by Gasteiger charge is 2.18. The minimum absolute atomic E-state index is 0.00751. The largest absolute Gasteiger partial charge is 0.386 e. The maximum absolute atomic E-state index is 12.9. The number of benzene rings is 2. The molecule has 2 heterocycles. The van der Waals surface area contributed by atoms with Gasteiger partial charge in [0.15, 0.2) is 5.52 Å². The molecule has 2 aromatic heterocycles. The lowest BCUT2D eigenvalue weighted by atomic mass is 10.1. The fourth-order valence-electron chi connectivity index (χ4n) is 2.94. The number of aromatic nitrogens is 3. The zero-order valence-corrected chi connectivity index (χ0v) is 17.1. The van der Waals surface area contributed by atoms with Gasteiger partial charge < -0.3 is 5.11 Å². The van der Waals surface area contributed by atoms with Gasteiger partial charge in [0.2, 0.25) is 0 Å². The predicted molar refractivity (Wildman–Crippen MR) is 113 cm³/mol.